The molecule has 0 aromatic heterocycles. The third-order valence-electron chi connectivity index (χ3n) is 5.47. The molecule has 1 aliphatic heterocycles. The molecule has 1 aliphatic rings. The highest BCUT2D eigenvalue weighted by molar-refractivity contribution is 6.32. The van der Waals surface area contributed by atoms with E-state index in [0.29, 0.717) is 36.2 Å². The molecular formula is C22H26Cl2N2O3. The summed E-state index contributed by atoms with van der Waals surface area (Å²) in [5, 5.41) is 7.47. The Hall–Kier alpha value is -1.79. The van der Waals surface area contributed by atoms with Gasteiger partial charge < -0.3 is 20.1 Å². The van der Waals surface area contributed by atoms with Crippen LogP contribution >= 0.6 is 23.2 Å². The van der Waals surface area contributed by atoms with Gasteiger partial charge in [-0.3, -0.25) is 4.79 Å². The van der Waals surface area contributed by atoms with E-state index in [0.717, 1.165) is 17.9 Å². The Morgan fingerprint density at radius 3 is 2.48 bits per heavy atom. The van der Waals surface area contributed by atoms with Gasteiger partial charge in [-0.2, -0.15) is 0 Å². The van der Waals surface area contributed by atoms with Crippen LogP contribution in [0.25, 0.3) is 0 Å². The number of ether oxygens (including phenoxy) is 2. The first-order valence-electron chi connectivity index (χ1n) is 9.65. The number of carbonyl (C=O) groups excluding carboxylic acids is 1. The lowest BCUT2D eigenvalue weighted by Gasteiger charge is -2.38. The van der Waals surface area contributed by atoms with Crippen LogP contribution in [0.15, 0.2) is 42.5 Å². The highest BCUT2D eigenvalue weighted by Gasteiger charge is 2.35. The molecule has 2 aromatic rings. The summed E-state index contributed by atoms with van der Waals surface area (Å²) in [5.74, 6) is 0.449. The number of halogens is 2. The third-order valence-corrected chi connectivity index (χ3v) is 6.01. The molecule has 0 radical (unpaired) electrons. The normalized spacial score (nSPS) is 16.8. The Morgan fingerprint density at radius 1 is 1.17 bits per heavy atom. The molecule has 0 aliphatic carbocycles. The summed E-state index contributed by atoms with van der Waals surface area (Å²) in [6, 6.07) is 12.8. The van der Waals surface area contributed by atoms with E-state index >= 15 is 0 Å². The highest BCUT2D eigenvalue weighted by Crippen LogP contribution is 2.35. The number of benzene rings is 2. The molecule has 3 rings (SSSR count). The van der Waals surface area contributed by atoms with E-state index < -0.39 is 0 Å². The summed E-state index contributed by atoms with van der Waals surface area (Å²) in [6.45, 7) is 3.94. The number of nitrogens with one attached hydrogen (secondary N) is 2. The minimum absolute atomic E-state index is 0.0825. The second-order valence-corrected chi connectivity index (χ2v) is 8.18. The molecule has 156 valence electrons. The standard InChI is InChI=1S/C22H26Cl2N2O3/c1-15(21(27)26-18-7-8-20(28-2)19(24)13-18)25-14-22(9-11-29-12-10-22)16-3-5-17(23)6-4-16/h3-8,13,15,25H,9-12,14H2,1-2H3,(H,26,27). The minimum atomic E-state index is -0.372. The zero-order chi connectivity index (χ0) is 20.9. The fourth-order valence-corrected chi connectivity index (χ4v) is 3.95. The van der Waals surface area contributed by atoms with Crippen molar-refractivity contribution < 1.29 is 14.3 Å². The number of methoxy groups -OCH3 is 1. The van der Waals surface area contributed by atoms with Crippen molar-refractivity contribution in [3.8, 4) is 5.75 Å². The van der Waals surface area contributed by atoms with E-state index in [2.05, 4.69) is 22.8 Å². The molecule has 2 N–H and O–H groups in total. The second-order valence-electron chi connectivity index (χ2n) is 7.34. The van der Waals surface area contributed by atoms with Crippen LogP contribution in [0.1, 0.15) is 25.3 Å². The minimum Gasteiger partial charge on any atom is -0.495 e. The number of hydrogen-bond acceptors (Lipinski definition) is 4. The van der Waals surface area contributed by atoms with Gasteiger partial charge in [-0.1, -0.05) is 35.3 Å². The zero-order valence-corrected chi connectivity index (χ0v) is 18.1. The van der Waals surface area contributed by atoms with Crippen LogP contribution in [0.5, 0.6) is 5.75 Å². The van der Waals surface area contributed by atoms with Crippen LogP contribution in [0, 0.1) is 0 Å². The summed E-state index contributed by atoms with van der Waals surface area (Å²) >= 11 is 12.2. The molecule has 0 bridgehead atoms. The molecule has 1 saturated heterocycles. The van der Waals surface area contributed by atoms with E-state index in [1.807, 2.05) is 19.1 Å². The van der Waals surface area contributed by atoms with Crippen molar-refractivity contribution in [2.75, 3.05) is 32.2 Å². The lowest BCUT2D eigenvalue weighted by molar-refractivity contribution is -0.117. The quantitative estimate of drug-likeness (QED) is 0.661. The Kier molecular flexibility index (Phi) is 7.41. The van der Waals surface area contributed by atoms with E-state index in [4.69, 9.17) is 32.7 Å². The Labute approximate surface area is 181 Å². The smallest absolute Gasteiger partial charge is 0.241 e. The molecule has 29 heavy (non-hydrogen) atoms. The monoisotopic (exact) mass is 436 g/mol. The van der Waals surface area contributed by atoms with Crippen LogP contribution in [-0.4, -0.2) is 38.8 Å². The molecule has 1 fully saturated rings. The van der Waals surface area contributed by atoms with Crippen molar-refractivity contribution in [1.29, 1.82) is 0 Å². The predicted octanol–water partition coefficient (Wildman–Crippen LogP) is 4.67. The first kappa shape index (κ1) is 21.9. The summed E-state index contributed by atoms with van der Waals surface area (Å²) in [4.78, 5) is 12.6. The number of amides is 1. The van der Waals surface area contributed by atoms with Crippen LogP contribution in [0.4, 0.5) is 5.69 Å². The molecule has 1 unspecified atom stereocenters. The van der Waals surface area contributed by atoms with Crippen molar-refractivity contribution in [3.63, 3.8) is 0 Å². The van der Waals surface area contributed by atoms with E-state index in [1.165, 1.54) is 5.56 Å². The van der Waals surface area contributed by atoms with Crippen LogP contribution in [0.3, 0.4) is 0 Å². The first-order valence-corrected chi connectivity index (χ1v) is 10.4. The van der Waals surface area contributed by atoms with Gasteiger partial charge in [0.2, 0.25) is 5.91 Å². The number of hydrogen-bond donors (Lipinski definition) is 2. The molecule has 2 aromatic carbocycles. The van der Waals surface area contributed by atoms with Crippen LogP contribution in [0.2, 0.25) is 10.0 Å². The molecule has 5 nitrogen and oxygen atoms in total. The van der Waals surface area contributed by atoms with Crippen LogP contribution in [-0.2, 0) is 14.9 Å². The highest BCUT2D eigenvalue weighted by atomic mass is 35.5. The molecule has 1 amide bonds. The number of carbonyl (C=O) groups is 1. The molecule has 1 heterocycles. The average Bonchev–Trinajstić information content (AvgIpc) is 2.73. The van der Waals surface area contributed by atoms with Gasteiger partial charge in [0.05, 0.1) is 18.2 Å². The second kappa shape index (κ2) is 9.81. The van der Waals surface area contributed by atoms with E-state index in [9.17, 15) is 4.79 Å². The molecule has 1 atom stereocenters. The fraction of sp³-hybridized carbons (Fsp3) is 0.409. The predicted molar refractivity (Wildman–Crippen MR) is 117 cm³/mol. The van der Waals surface area contributed by atoms with Crippen molar-refractivity contribution in [2.24, 2.45) is 0 Å². The summed E-state index contributed by atoms with van der Waals surface area (Å²) < 4.78 is 10.7. The van der Waals surface area contributed by atoms with Gasteiger partial charge in [0.15, 0.2) is 0 Å². The third kappa shape index (κ3) is 5.43. The van der Waals surface area contributed by atoms with Crippen molar-refractivity contribution in [2.45, 2.75) is 31.2 Å². The Morgan fingerprint density at radius 2 is 1.86 bits per heavy atom. The van der Waals surface area contributed by atoms with E-state index in [1.54, 1.807) is 25.3 Å². The molecule has 0 spiro atoms. The van der Waals surface area contributed by atoms with Gasteiger partial charge in [0.1, 0.15) is 5.75 Å². The largest absolute Gasteiger partial charge is 0.495 e. The molecule has 0 saturated carbocycles. The first-order chi connectivity index (χ1) is 13.9. The van der Waals surface area contributed by atoms with Crippen molar-refractivity contribution in [3.05, 3.63) is 58.1 Å². The Balaban J connectivity index is 1.65. The average molecular weight is 437 g/mol. The lowest BCUT2D eigenvalue weighted by Crippen LogP contribution is -2.48. The van der Waals surface area contributed by atoms with Gasteiger partial charge in [0.25, 0.3) is 0 Å². The van der Waals surface area contributed by atoms with E-state index in [-0.39, 0.29) is 17.4 Å². The summed E-state index contributed by atoms with van der Waals surface area (Å²) in [5.41, 5.74) is 1.76. The van der Waals surface area contributed by atoms with Gasteiger partial charge in [-0.05, 0) is 55.7 Å². The maximum Gasteiger partial charge on any atom is 0.241 e. The number of anilines is 1. The zero-order valence-electron chi connectivity index (χ0n) is 16.6. The van der Waals surface area contributed by atoms with Crippen LogP contribution < -0.4 is 15.4 Å². The SMILES string of the molecule is COc1ccc(NC(=O)C(C)NCC2(c3ccc(Cl)cc3)CCOCC2)cc1Cl. The Bertz CT molecular complexity index is 836. The van der Waals surface area contributed by atoms with Crippen molar-refractivity contribution in [1.82, 2.24) is 5.32 Å². The molecular weight excluding hydrogens is 411 g/mol. The van der Waals surface area contributed by atoms with Gasteiger partial charge in [-0.15, -0.1) is 0 Å². The fourth-order valence-electron chi connectivity index (χ4n) is 3.57. The topological polar surface area (TPSA) is 59.6 Å². The number of rotatable bonds is 7. The van der Waals surface area contributed by atoms with Gasteiger partial charge >= 0.3 is 0 Å². The summed E-state index contributed by atoms with van der Waals surface area (Å²) in [6.07, 6.45) is 1.79. The lowest BCUT2D eigenvalue weighted by atomic mass is 9.74. The maximum absolute atomic E-state index is 12.6. The van der Waals surface area contributed by atoms with Gasteiger partial charge in [-0.25, -0.2) is 0 Å². The summed E-state index contributed by atoms with van der Waals surface area (Å²) in [7, 11) is 1.55. The maximum atomic E-state index is 12.6. The van der Waals surface area contributed by atoms with Gasteiger partial charge in [0, 0.05) is 35.9 Å². The molecule has 7 heteroatoms. The van der Waals surface area contributed by atoms with Crippen molar-refractivity contribution >= 4 is 34.8 Å².